The van der Waals surface area contributed by atoms with E-state index in [0.29, 0.717) is 6.42 Å². The lowest BCUT2D eigenvalue weighted by Crippen LogP contribution is -2.24. The van der Waals surface area contributed by atoms with Gasteiger partial charge in [-0.05, 0) is 23.1 Å². The highest BCUT2D eigenvalue weighted by Gasteiger charge is 2.34. The zero-order chi connectivity index (χ0) is 13.3. The Bertz CT molecular complexity index is 678. The summed E-state index contributed by atoms with van der Waals surface area (Å²) in [7, 11) is -3.54. The van der Waals surface area contributed by atoms with Crippen LogP contribution >= 0.6 is 0 Å². The monoisotopic (exact) mass is 274 g/mol. The minimum Gasteiger partial charge on any atom is -0.265 e. The molecule has 98 valence electrons. The molecule has 1 atom stereocenters. The van der Waals surface area contributed by atoms with Gasteiger partial charge < -0.3 is 0 Å². The lowest BCUT2D eigenvalue weighted by atomic mass is 9.99. The van der Waals surface area contributed by atoms with Gasteiger partial charge in [-0.25, -0.2) is 0 Å². The number of hydrogen-bond donors (Lipinski definition) is 0. The number of hydrogen-bond acceptors (Lipinski definition) is 3. The van der Waals surface area contributed by atoms with E-state index in [0.717, 1.165) is 16.7 Å². The Hall–Kier alpha value is -1.65. The molecule has 2 aromatic carbocycles. The van der Waals surface area contributed by atoms with Gasteiger partial charge in [-0.2, -0.15) is 8.42 Å². The van der Waals surface area contributed by atoms with Gasteiger partial charge in [-0.1, -0.05) is 54.6 Å². The highest BCUT2D eigenvalue weighted by Crippen LogP contribution is 2.35. The van der Waals surface area contributed by atoms with Gasteiger partial charge in [0.15, 0.2) is 0 Å². The van der Waals surface area contributed by atoms with Gasteiger partial charge in [0, 0.05) is 0 Å². The molecule has 1 heterocycles. The SMILES string of the molecule is O=S1(=O)OCc2ccccc2C1Cc1ccccc1. The summed E-state index contributed by atoms with van der Waals surface area (Å²) >= 11 is 0. The van der Waals surface area contributed by atoms with Crippen molar-refractivity contribution in [2.45, 2.75) is 18.3 Å². The molecule has 0 amide bonds. The van der Waals surface area contributed by atoms with Gasteiger partial charge in [0.25, 0.3) is 10.1 Å². The van der Waals surface area contributed by atoms with Gasteiger partial charge in [0.1, 0.15) is 5.25 Å². The molecule has 0 saturated heterocycles. The molecule has 1 aliphatic rings. The average molecular weight is 274 g/mol. The quantitative estimate of drug-likeness (QED) is 0.791. The second-order valence-corrected chi connectivity index (χ2v) is 6.42. The fourth-order valence-electron chi connectivity index (χ4n) is 2.40. The van der Waals surface area contributed by atoms with E-state index in [4.69, 9.17) is 4.18 Å². The van der Waals surface area contributed by atoms with Crippen molar-refractivity contribution in [3.05, 3.63) is 71.3 Å². The third-order valence-electron chi connectivity index (χ3n) is 3.39. The highest BCUT2D eigenvalue weighted by atomic mass is 32.2. The molecular weight excluding hydrogens is 260 g/mol. The third kappa shape index (κ3) is 2.41. The minimum absolute atomic E-state index is 0.143. The molecule has 1 aliphatic heterocycles. The summed E-state index contributed by atoms with van der Waals surface area (Å²) in [5, 5.41) is -0.611. The summed E-state index contributed by atoms with van der Waals surface area (Å²) in [6.07, 6.45) is 0.445. The largest absolute Gasteiger partial charge is 0.275 e. The van der Waals surface area contributed by atoms with Crippen molar-refractivity contribution in [1.29, 1.82) is 0 Å². The van der Waals surface area contributed by atoms with E-state index in [1.165, 1.54) is 0 Å². The van der Waals surface area contributed by atoms with E-state index in [9.17, 15) is 8.42 Å². The molecule has 0 aliphatic carbocycles. The lowest BCUT2D eigenvalue weighted by Gasteiger charge is -2.25. The maximum absolute atomic E-state index is 12.1. The molecule has 1 unspecified atom stereocenters. The predicted molar refractivity (Wildman–Crippen MR) is 73.0 cm³/mol. The normalized spacial score (nSPS) is 20.7. The standard InChI is InChI=1S/C15H14O3S/c16-19(17)15(10-12-6-2-1-3-7-12)14-9-5-4-8-13(14)11-18-19/h1-9,15H,10-11H2. The van der Waals surface area contributed by atoms with Crippen molar-refractivity contribution < 1.29 is 12.6 Å². The predicted octanol–water partition coefficient (Wildman–Crippen LogP) is 2.83. The molecule has 0 N–H and O–H groups in total. The maximum atomic E-state index is 12.1. The van der Waals surface area contributed by atoms with Gasteiger partial charge in [-0.3, -0.25) is 4.18 Å². The summed E-state index contributed by atoms with van der Waals surface area (Å²) in [6, 6.07) is 17.2. The fraction of sp³-hybridized carbons (Fsp3) is 0.200. The molecular formula is C15H14O3S. The van der Waals surface area contributed by atoms with Gasteiger partial charge >= 0.3 is 0 Å². The van der Waals surface area contributed by atoms with Crippen molar-refractivity contribution in [3.8, 4) is 0 Å². The summed E-state index contributed by atoms with van der Waals surface area (Å²) in [4.78, 5) is 0. The van der Waals surface area contributed by atoms with E-state index in [1.54, 1.807) is 0 Å². The van der Waals surface area contributed by atoms with Crippen LogP contribution in [0.4, 0.5) is 0 Å². The van der Waals surface area contributed by atoms with E-state index in [1.807, 2.05) is 54.6 Å². The molecule has 0 bridgehead atoms. The Kier molecular flexibility index (Phi) is 3.12. The van der Waals surface area contributed by atoms with Crippen LogP contribution in [-0.2, 0) is 27.3 Å². The van der Waals surface area contributed by atoms with Crippen LogP contribution in [0.5, 0.6) is 0 Å². The Morgan fingerprint density at radius 3 is 2.47 bits per heavy atom. The molecule has 4 heteroatoms. The van der Waals surface area contributed by atoms with E-state index in [-0.39, 0.29) is 6.61 Å². The molecule has 2 aromatic rings. The van der Waals surface area contributed by atoms with Crippen molar-refractivity contribution in [2.75, 3.05) is 0 Å². The zero-order valence-electron chi connectivity index (χ0n) is 10.3. The first kappa shape index (κ1) is 12.4. The van der Waals surface area contributed by atoms with Crippen LogP contribution in [0.25, 0.3) is 0 Å². The smallest absolute Gasteiger partial charge is 0.265 e. The van der Waals surface area contributed by atoms with Crippen LogP contribution in [0, 0.1) is 0 Å². The average Bonchev–Trinajstić information content (AvgIpc) is 2.43. The zero-order valence-corrected chi connectivity index (χ0v) is 11.1. The molecule has 0 fully saturated rings. The number of benzene rings is 2. The second-order valence-electron chi connectivity index (χ2n) is 4.63. The molecule has 0 radical (unpaired) electrons. The molecule has 0 saturated carbocycles. The maximum Gasteiger partial charge on any atom is 0.275 e. The van der Waals surface area contributed by atoms with Crippen molar-refractivity contribution in [1.82, 2.24) is 0 Å². The first-order chi connectivity index (χ1) is 9.17. The van der Waals surface area contributed by atoms with Crippen molar-refractivity contribution in [3.63, 3.8) is 0 Å². The third-order valence-corrected chi connectivity index (χ3v) is 4.96. The van der Waals surface area contributed by atoms with E-state index >= 15 is 0 Å². The molecule has 19 heavy (non-hydrogen) atoms. The summed E-state index contributed by atoms with van der Waals surface area (Å²) in [6.45, 7) is 0.143. The van der Waals surface area contributed by atoms with Crippen molar-refractivity contribution in [2.24, 2.45) is 0 Å². The number of rotatable bonds is 2. The molecule has 0 spiro atoms. The minimum atomic E-state index is -3.54. The first-order valence-corrected chi connectivity index (χ1v) is 7.64. The topological polar surface area (TPSA) is 43.4 Å². The van der Waals surface area contributed by atoms with E-state index in [2.05, 4.69) is 0 Å². The molecule has 0 aromatic heterocycles. The van der Waals surface area contributed by atoms with Crippen molar-refractivity contribution >= 4 is 10.1 Å². The van der Waals surface area contributed by atoms with Crippen LogP contribution in [0.3, 0.4) is 0 Å². The van der Waals surface area contributed by atoms with Crippen LogP contribution in [-0.4, -0.2) is 8.42 Å². The fourth-order valence-corrected chi connectivity index (χ4v) is 3.80. The Balaban J connectivity index is 2.02. The first-order valence-electron chi connectivity index (χ1n) is 6.17. The van der Waals surface area contributed by atoms with Crippen LogP contribution < -0.4 is 0 Å². The highest BCUT2D eigenvalue weighted by molar-refractivity contribution is 7.87. The van der Waals surface area contributed by atoms with Gasteiger partial charge in [0.05, 0.1) is 6.61 Å². The van der Waals surface area contributed by atoms with Gasteiger partial charge in [-0.15, -0.1) is 0 Å². The summed E-state index contributed by atoms with van der Waals surface area (Å²) in [5.74, 6) is 0. The Morgan fingerprint density at radius 1 is 1.00 bits per heavy atom. The lowest BCUT2D eigenvalue weighted by molar-refractivity contribution is 0.289. The van der Waals surface area contributed by atoms with Crippen LogP contribution in [0.15, 0.2) is 54.6 Å². The molecule has 3 nitrogen and oxygen atoms in total. The second kappa shape index (κ2) is 4.79. The molecule has 3 rings (SSSR count). The Labute approximate surface area is 113 Å². The Morgan fingerprint density at radius 2 is 1.68 bits per heavy atom. The summed E-state index contributed by atoms with van der Waals surface area (Å²) < 4.78 is 29.3. The summed E-state index contributed by atoms with van der Waals surface area (Å²) in [5.41, 5.74) is 2.81. The van der Waals surface area contributed by atoms with Crippen LogP contribution in [0.1, 0.15) is 21.9 Å². The van der Waals surface area contributed by atoms with E-state index < -0.39 is 15.4 Å². The van der Waals surface area contributed by atoms with Gasteiger partial charge in [0.2, 0.25) is 0 Å². The number of fused-ring (bicyclic) bond motifs is 1. The van der Waals surface area contributed by atoms with Crippen LogP contribution in [0.2, 0.25) is 0 Å².